The van der Waals surface area contributed by atoms with Gasteiger partial charge in [-0.25, -0.2) is 8.42 Å². The Morgan fingerprint density at radius 3 is 2.53 bits per heavy atom. The molecular formula is C21H26Cl2N2O4S. The zero-order chi connectivity index (χ0) is 22.3. The summed E-state index contributed by atoms with van der Waals surface area (Å²) in [5.74, 6) is 0.613. The number of benzene rings is 2. The number of amides is 1. The number of rotatable bonds is 10. The largest absolute Gasteiger partial charge is 0.491 e. The highest BCUT2D eigenvalue weighted by Crippen LogP contribution is 2.30. The molecule has 0 saturated heterocycles. The third kappa shape index (κ3) is 7.38. The fraction of sp³-hybridized carbons (Fsp3) is 0.381. The molecule has 0 aromatic heterocycles. The third-order valence-corrected chi connectivity index (χ3v) is 6.09. The van der Waals surface area contributed by atoms with Crippen LogP contribution in [0.3, 0.4) is 0 Å². The van der Waals surface area contributed by atoms with Crippen LogP contribution in [0.5, 0.6) is 5.75 Å². The van der Waals surface area contributed by atoms with Crippen LogP contribution in [0.1, 0.15) is 24.0 Å². The molecule has 0 atom stereocenters. The van der Waals surface area contributed by atoms with E-state index in [9.17, 15) is 13.2 Å². The molecule has 1 amide bonds. The van der Waals surface area contributed by atoms with Crippen LogP contribution in [0.25, 0.3) is 0 Å². The lowest BCUT2D eigenvalue weighted by Crippen LogP contribution is -2.33. The summed E-state index contributed by atoms with van der Waals surface area (Å²) in [4.78, 5) is 12.1. The minimum Gasteiger partial charge on any atom is -0.491 e. The molecule has 2 aromatic carbocycles. The van der Waals surface area contributed by atoms with Crippen molar-refractivity contribution in [2.24, 2.45) is 0 Å². The molecule has 2 aromatic rings. The van der Waals surface area contributed by atoms with Gasteiger partial charge < -0.3 is 10.1 Å². The molecule has 0 heterocycles. The minimum atomic E-state index is -3.58. The predicted octanol–water partition coefficient (Wildman–Crippen LogP) is 4.35. The number of carbonyl (C=O) groups excluding carboxylic acids is 1. The summed E-state index contributed by atoms with van der Waals surface area (Å²) >= 11 is 12.1. The first-order valence-electron chi connectivity index (χ1n) is 9.47. The quantitative estimate of drug-likeness (QED) is 0.521. The summed E-state index contributed by atoms with van der Waals surface area (Å²) in [5, 5.41) is 3.43. The van der Waals surface area contributed by atoms with Gasteiger partial charge in [-0.15, -0.1) is 0 Å². The van der Waals surface area contributed by atoms with Crippen LogP contribution < -0.4 is 14.4 Å². The zero-order valence-electron chi connectivity index (χ0n) is 17.2. The topological polar surface area (TPSA) is 75.7 Å². The van der Waals surface area contributed by atoms with Crippen LogP contribution in [0.15, 0.2) is 36.4 Å². The van der Waals surface area contributed by atoms with E-state index in [2.05, 4.69) is 5.32 Å². The van der Waals surface area contributed by atoms with Crippen molar-refractivity contribution in [3.05, 3.63) is 57.6 Å². The number of halogens is 2. The average molecular weight is 473 g/mol. The Bertz CT molecular complexity index is 996. The van der Waals surface area contributed by atoms with Gasteiger partial charge in [0, 0.05) is 18.0 Å². The Hall–Kier alpha value is -1.96. The van der Waals surface area contributed by atoms with Gasteiger partial charge in [0.15, 0.2) is 0 Å². The van der Waals surface area contributed by atoms with Gasteiger partial charge in [-0.05, 0) is 50.1 Å². The van der Waals surface area contributed by atoms with Crippen molar-refractivity contribution in [1.82, 2.24) is 5.32 Å². The van der Waals surface area contributed by atoms with Crippen LogP contribution in [0, 0.1) is 13.8 Å². The van der Waals surface area contributed by atoms with E-state index >= 15 is 0 Å². The second kappa shape index (κ2) is 10.9. The van der Waals surface area contributed by atoms with Gasteiger partial charge in [0.05, 0.1) is 23.5 Å². The number of hydrogen-bond donors (Lipinski definition) is 1. The molecule has 0 bridgehead atoms. The molecule has 0 aliphatic carbocycles. The maximum Gasteiger partial charge on any atom is 0.232 e. The highest BCUT2D eigenvalue weighted by molar-refractivity contribution is 7.92. The Labute approximate surface area is 188 Å². The van der Waals surface area contributed by atoms with E-state index in [1.165, 1.54) is 6.07 Å². The first-order chi connectivity index (χ1) is 14.1. The third-order valence-electron chi connectivity index (χ3n) is 4.35. The number of hydrogen-bond acceptors (Lipinski definition) is 4. The van der Waals surface area contributed by atoms with E-state index in [1.807, 2.05) is 32.0 Å². The number of aryl methyl sites for hydroxylation is 2. The maximum atomic E-state index is 12.2. The van der Waals surface area contributed by atoms with Crippen LogP contribution in [0.4, 0.5) is 5.69 Å². The molecule has 1 N–H and O–H groups in total. The fourth-order valence-corrected chi connectivity index (χ4v) is 4.33. The van der Waals surface area contributed by atoms with E-state index in [4.69, 9.17) is 27.9 Å². The first kappa shape index (κ1) is 24.3. The highest BCUT2D eigenvalue weighted by atomic mass is 35.5. The Balaban J connectivity index is 1.81. The van der Waals surface area contributed by atoms with Crippen molar-refractivity contribution in [3.8, 4) is 5.75 Å². The van der Waals surface area contributed by atoms with Crippen molar-refractivity contribution in [2.45, 2.75) is 26.7 Å². The van der Waals surface area contributed by atoms with Gasteiger partial charge in [0.2, 0.25) is 15.9 Å². The summed E-state index contributed by atoms with van der Waals surface area (Å²) in [6, 6.07) is 10.5. The molecule has 0 saturated carbocycles. The van der Waals surface area contributed by atoms with E-state index in [1.54, 1.807) is 12.1 Å². The summed E-state index contributed by atoms with van der Waals surface area (Å²) in [7, 11) is -3.58. The van der Waals surface area contributed by atoms with Gasteiger partial charge in [-0.3, -0.25) is 9.10 Å². The van der Waals surface area contributed by atoms with E-state index in [0.29, 0.717) is 30.3 Å². The lowest BCUT2D eigenvalue weighted by molar-refractivity contribution is -0.121. The molecular weight excluding hydrogens is 447 g/mol. The van der Waals surface area contributed by atoms with Gasteiger partial charge >= 0.3 is 0 Å². The normalized spacial score (nSPS) is 11.2. The maximum absolute atomic E-state index is 12.2. The second-order valence-electron chi connectivity index (χ2n) is 7.00. The summed E-state index contributed by atoms with van der Waals surface area (Å²) < 4.78 is 31.2. The Kier molecular flexibility index (Phi) is 8.82. The van der Waals surface area contributed by atoms with E-state index < -0.39 is 10.0 Å². The standard InChI is InChI=1S/C21H26Cl2N2O4S/c1-15-6-9-20(16(2)13-15)29-12-10-24-21(26)5-4-11-25(30(3,27)28)19-14-17(22)7-8-18(19)23/h6-9,13-14H,4-5,10-12H2,1-3H3,(H,24,26). The molecule has 164 valence electrons. The van der Waals surface area contributed by atoms with Crippen molar-refractivity contribution >= 4 is 44.8 Å². The highest BCUT2D eigenvalue weighted by Gasteiger charge is 2.20. The molecule has 0 spiro atoms. The van der Waals surface area contributed by atoms with Crippen molar-refractivity contribution < 1.29 is 17.9 Å². The number of sulfonamides is 1. The molecule has 2 rings (SSSR count). The molecule has 0 unspecified atom stereocenters. The summed E-state index contributed by atoms with van der Waals surface area (Å²) in [5.41, 5.74) is 2.51. The van der Waals surface area contributed by atoms with Crippen LogP contribution in [0.2, 0.25) is 10.0 Å². The smallest absolute Gasteiger partial charge is 0.232 e. The van der Waals surface area contributed by atoms with Crippen molar-refractivity contribution in [3.63, 3.8) is 0 Å². The van der Waals surface area contributed by atoms with Crippen LogP contribution >= 0.6 is 23.2 Å². The Morgan fingerprint density at radius 2 is 1.87 bits per heavy atom. The molecule has 9 heteroatoms. The van der Waals surface area contributed by atoms with E-state index in [0.717, 1.165) is 27.4 Å². The summed E-state index contributed by atoms with van der Waals surface area (Å²) in [6.45, 7) is 4.82. The van der Waals surface area contributed by atoms with Gasteiger partial charge in [-0.1, -0.05) is 40.9 Å². The molecule has 0 aliphatic heterocycles. The monoisotopic (exact) mass is 472 g/mol. The van der Waals surface area contributed by atoms with Crippen LogP contribution in [-0.4, -0.2) is 40.3 Å². The molecule has 30 heavy (non-hydrogen) atoms. The minimum absolute atomic E-state index is 0.116. The van der Waals surface area contributed by atoms with E-state index in [-0.39, 0.29) is 23.9 Å². The number of nitrogens with one attached hydrogen (secondary N) is 1. The SMILES string of the molecule is Cc1ccc(OCCNC(=O)CCCN(c2cc(Cl)ccc2Cl)S(C)(=O)=O)c(C)c1. The first-order valence-corrected chi connectivity index (χ1v) is 12.1. The summed E-state index contributed by atoms with van der Waals surface area (Å²) in [6.07, 6.45) is 1.60. The molecule has 0 fully saturated rings. The van der Waals surface area contributed by atoms with Crippen molar-refractivity contribution in [2.75, 3.05) is 30.3 Å². The lowest BCUT2D eigenvalue weighted by atomic mass is 10.1. The number of nitrogens with zero attached hydrogens (tertiary/aromatic N) is 1. The van der Waals surface area contributed by atoms with Crippen molar-refractivity contribution in [1.29, 1.82) is 0 Å². The lowest BCUT2D eigenvalue weighted by Gasteiger charge is -2.23. The molecule has 6 nitrogen and oxygen atoms in total. The predicted molar refractivity (Wildman–Crippen MR) is 122 cm³/mol. The number of carbonyl (C=O) groups is 1. The van der Waals surface area contributed by atoms with Crippen LogP contribution in [-0.2, 0) is 14.8 Å². The van der Waals surface area contributed by atoms with Gasteiger partial charge in [-0.2, -0.15) is 0 Å². The number of anilines is 1. The zero-order valence-corrected chi connectivity index (χ0v) is 19.6. The average Bonchev–Trinajstić information content (AvgIpc) is 2.65. The van der Waals surface area contributed by atoms with Gasteiger partial charge in [0.25, 0.3) is 0 Å². The van der Waals surface area contributed by atoms with Gasteiger partial charge in [0.1, 0.15) is 12.4 Å². The Morgan fingerprint density at radius 1 is 1.13 bits per heavy atom. The number of ether oxygens (including phenoxy) is 1. The molecule has 0 aliphatic rings. The fourth-order valence-electron chi connectivity index (χ4n) is 2.93. The second-order valence-corrected chi connectivity index (χ2v) is 9.75. The molecule has 0 radical (unpaired) electrons.